The van der Waals surface area contributed by atoms with Crippen molar-refractivity contribution in [1.82, 2.24) is 10.2 Å². The van der Waals surface area contributed by atoms with Gasteiger partial charge < -0.3 is 10.2 Å². The van der Waals surface area contributed by atoms with Crippen LogP contribution in [0.2, 0.25) is 10.0 Å². The normalized spacial score (nSPS) is 14.7. The zero-order chi connectivity index (χ0) is 30.3. The quantitative estimate of drug-likeness (QED) is 0.245. The molecule has 0 spiro atoms. The van der Waals surface area contributed by atoms with E-state index in [9.17, 15) is 18.0 Å². The van der Waals surface area contributed by atoms with Crippen molar-refractivity contribution in [2.24, 2.45) is 0 Å². The Hall–Kier alpha value is -2.59. The number of amides is 2. The molecule has 0 aromatic heterocycles. The summed E-state index contributed by atoms with van der Waals surface area (Å²) >= 11 is 15.9. The van der Waals surface area contributed by atoms with Crippen LogP contribution in [-0.4, -0.2) is 50.0 Å². The second-order valence-corrected chi connectivity index (χ2v) is 14.2. The van der Waals surface area contributed by atoms with Crippen LogP contribution in [0.15, 0.2) is 77.3 Å². The van der Waals surface area contributed by atoms with Crippen molar-refractivity contribution in [3.05, 3.63) is 98.4 Å². The Bertz CT molecular complexity index is 1500. The van der Waals surface area contributed by atoms with Crippen molar-refractivity contribution in [2.45, 2.75) is 57.2 Å². The number of anilines is 1. The van der Waals surface area contributed by atoms with Crippen LogP contribution in [-0.2, 0) is 32.6 Å². The van der Waals surface area contributed by atoms with Crippen LogP contribution in [0.1, 0.15) is 43.2 Å². The van der Waals surface area contributed by atoms with E-state index in [0.717, 1.165) is 58.3 Å². The van der Waals surface area contributed by atoms with Gasteiger partial charge >= 0.3 is 0 Å². The van der Waals surface area contributed by atoms with Gasteiger partial charge in [0.15, 0.2) is 0 Å². The maximum absolute atomic E-state index is 14.2. The van der Waals surface area contributed by atoms with Gasteiger partial charge in [0, 0.05) is 28.5 Å². The largest absolute Gasteiger partial charge is 0.352 e. The molecule has 0 saturated heterocycles. The van der Waals surface area contributed by atoms with Crippen LogP contribution < -0.4 is 9.62 Å². The molecule has 7 nitrogen and oxygen atoms in total. The number of carbonyl (C=O) groups is 2. The summed E-state index contributed by atoms with van der Waals surface area (Å²) in [4.78, 5) is 29.7. The van der Waals surface area contributed by atoms with Crippen molar-refractivity contribution < 1.29 is 18.0 Å². The number of nitrogens with zero attached hydrogens (tertiary/aromatic N) is 2. The standard InChI is InChI=1S/C31H34BrCl2N3O4S/c1-42(40,41)37(28-16-15-25(33)19-27(28)34)21-30(38)36(20-23-11-8-12-24(32)17-23)29(18-22-9-4-2-5-10-22)31(39)35-26-13-6-3-7-14-26/h2,4-5,8-12,15-17,19,26,29H,3,6-7,13-14,18,20-21H2,1H3,(H,35,39)/t29-/m1/s1. The van der Waals surface area contributed by atoms with E-state index in [-0.39, 0.29) is 35.6 Å². The smallest absolute Gasteiger partial charge is 0.244 e. The molecule has 42 heavy (non-hydrogen) atoms. The summed E-state index contributed by atoms with van der Waals surface area (Å²) in [6.45, 7) is -0.448. The summed E-state index contributed by atoms with van der Waals surface area (Å²) in [6.07, 6.45) is 6.28. The summed E-state index contributed by atoms with van der Waals surface area (Å²) in [5.41, 5.74) is 1.80. The van der Waals surface area contributed by atoms with Gasteiger partial charge in [-0.25, -0.2) is 8.42 Å². The van der Waals surface area contributed by atoms with Crippen LogP contribution in [0.3, 0.4) is 0 Å². The molecule has 11 heteroatoms. The first-order valence-corrected chi connectivity index (χ1v) is 17.2. The highest BCUT2D eigenvalue weighted by atomic mass is 79.9. The Balaban J connectivity index is 1.74. The van der Waals surface area contributed by atoms with Crippen LogP contribution >= 0.6 is 39.1 Å². The van der Waals surface area contributed by atoms with E-state index in [4.69, 9.17) is 23.2 Å². The minimum Gasteiger partial charge on any atom is -0.352 e. The number of nitrogens with one attached hydrogen (secondary N) is 1. The minimum atomic E-state index is -3.94. The predicted molar refractivity (Wildman–Crippen MR) is 172 cm³/mol. The fraction of sp³-hybridized carbons (Fsp3) is 0.355. The minimum absolute atomic E-state index is 0.0349. The summed E-state index contributed by atoms with van der Waals surface area (Å²) in [7, 11) is -3.94. The van der Waals surface area contributed by atoms with Gasteiger partial charge in [-0.3, -0.25) is 13.9 Å². The van der Waals surface area contributed by atoms with Gasteiger partial charge in [0.25, 0.3) is 0 Å². The molecular formula is C31H34BrCl2N3O4S. The second-order valence-electron chi connectivity index (χ2n) is 10.6. The number of carbonyl (C=O) groups excluding carboxylic acids is 2. The van der Waals surface area contributed by atoms with Gasteiger partial charge in [-0.1, -0.05) is 101 Å². The highest BCUT2D eigenvalue weighted by Gasteiger charge is 2.34. The molecule has 224 valence electrons. The molecular weight excluding hydrogens is 661 g/mol. The molecule has 1 aliphatic carbocycles. The fourth-order valence-electron chi connectivity index (χ4n) is 5.21. The van der Waals surface area contributed by atoms with Crippen LogP contribution in [0.4, 0.5) is 5.69 Å². The molecule has 0 bridgehead atoms. The van der Waals surface area contributed by atoms with Gasteiger partial charge in [-0.05, 0) is 54.3 Å². The first-order valence-electron chi connectivity index (χ1n) is 13.8. The molecule has 1 fully saturated rings. The monoisotopic (exact) mass is 693 g/mol. The van der Waals surface area contributed by atoms with Crippen molar-refractivity contribution in [2.75, 3.05) is 17.1 Å². The summed E-state index contributed by atoms with van der Waals surface area (Å²) < 4.78 is 27.7. The highest BCUT2D eigenvalue weighted by Crippen LogP contribution is 2.31. The zero-order valence-corrected chi connectivity index (χ0v) is 27.2. The molecule has 1 aliphatic rings. The number of hydrogen-bond donors (Lipinski definition) is 1. The highest BCUT2D eigenvalue weighted by molar-refractivity contribution is 9.10. The van der Waals surface area contributed by atoms with Crippen molar-refractivity contribution in [1.29, 1.82) is 0 Å². The van der Waals surface area contributed by atoms with Crippen molar-refractivity contribution in [3.63, 3.8) is 0 Å². The number of halogens is 3. The third-order valence-corrected chi connectivity index (χ3v) is 9.48. The first kappa shape index (κ1) is 32.3. The van der Waals surface area contributed by atoms with E-state index in [1.807, 2.05) is 54.6 Å². The zero-order valence-electron chi connectivity index (χ0n) is 23.3. The Morgan fingerprint density at radius 3 is 2.29 bits per heavy atom. The van der Waals surface area contributed by atoms with E-state index < -0.39 is 28.5 Å². The Morgan fingerprint density at radius 1 is 0.952 bits per heavy atom. The van der Waals surface area contributed by atoms with E-state index in [1.165, 1.54) is 23.1 Å². The predicted octanol–water partition coefficient (Wildman–Crippen LogP) is 6.61. The van der Waals surface area contributed by atoms with Crippen LogP contribution in [0.5, 0.6) is 0 Å². The molecule has 1 atom stereocenters. The van der Waals surface area contributed by atoms with Gasteiger partial charge in [-0.2, -0.15) is 0 Å². The van der Waals surface area contributed by atoms with E-state index in [0.29, 0.717) is 5.02 Å². The third kappa shape index (κ3) is 8.96. The molecule has 0 aliphatic heterocycles. The Labute approximate surface area is 266 Å². The number of rotatable bonds is 11. The van der Waals surface area contributed by atoms with E-state index >= 15 is 0 Å². The van der Waals surface area contributed by atoms with Crippen molar-refractivity contribution >= 4 is 66.7 Å². The van der Waals surface area contributed by atoms with Crippen LogP contribution in [0.25, 0.3) is 0 Å². The number of sulfonamides is 1. The molecule has 1 N–H and O–H groups in total. The molecule has 0 unspecified atom stereocenters. The van der Waals surface area contributed by atoms with Crippen LogP contribution in [0, 0.1) is 0 Å². The van der Waals surface area contributed by atoms with E-state index in [2.05, 4.69) is 21.2 Å². The Kier molecular flexibility index (Phi) is 11.3. The molecule has 0 radical (unpaired) electrons. The topological polar surface area (TPSA) is 86.8 Å². The average molecular weight is 696 g/mol. The molecule has 2 amide bonds. The fourth-order valence-corrected chi connectivity index (χ4v) is 7.08. The second kappa shape index (κ2) is 14.7. The third-order valence-electron chi connectivity index (χ3n) is 7.32. The molecule has 0 heterocycles. The average Bonchev–Trinajstić information content (AvgIpc) is 2.94. The summed E-state index contributed by atoms with van der Waals surface area (Å²) in [5.74, 6) is -0.796. The molecule has 3 aromatic rings. The van der Waals surface area contributed by atoms with Gasteiger partial charge in [0.05, 0.1) is 17.0 Å². The lowest BCUT2D eigenvalue weighted by atomic mass is 9.94. The van der Waals surface area contributed by atoms with E-state index in [1.54, 1.807) is 0 Å². The van der Waals surface area contributed by atoms with Gasteiger partial charge in [0.2, 0.25) is 21.8 Å². The molecule has 4 rings (SSSR count). The lowest BCUT2D eigenvalue weighted by Gasteiger charge is -2.35. The maximum Gasteiger partial charge on any atom is 0.244 e. The Morgan fingerprint density at radius 2 is 1.64 bits per heavy atom. The molecule has 3 aromatic carbocycles. The maximum atomic E-state index is 14.2. The van der Waals surface area contributed by atoms with Gasteiger partial charge in [-0.15, -0.1) is 0 Å². The number of benzene rings is 3. The lowest BCUT2D eigenvalue weighted by Crippen LogP contribution is -2.55. The van der Waals surface area contributed by atoms with Gasteiger partial charge in [0.1, 0.15) is 12.6 Å². The first-order chi connectivity index (χ1) is 20.0. The summed E-state index contributed by atoms with van der Waals surface area (Å²) in [6, 6.07) is 20.5. The van der Waals surface area contributed by atoms with Crippen molar-refractivity contribution in [3.8, 4) is 0 Å². The lowest BCUT2D eigenvalue weighted by molar-refractivity contribution is -0.140. The molecule has 1 saturated carbocycles. The number of hydrogen-bond acceptors (Lipinski definition) is 4. The summed E-state index contributed by atoms with van der Waals surface area (Å²) in [5, 5.41) is 3.62. The SMILES string of the molecule is CS(=O)(=O)N(CC(=O)N(Cc1cccc(Br)c1)[C@H](Cc1ccccc1)C(=O)NC1CCCCC1)c1ccc(Cl)cc1Cl.